The molecule has 0 N–H and O–H groups in total. The average Bonchev–Trinajstić information content (AvgIpc) is 3.19. The summed E-state index contributed by atoms with van der Waals surface area (Å²) in [6.07, 6.45) is -2.52. The largest absolute Gasteiger partial charge is 0.456 e. The molecule has 1 aromatic carbocycles. The lowest BCUT2D eigenvalue weighted by Crippen LogP contribution is -2.55. The van der Waals surface area contributed by atoms with Crippen LogP contribution in [0.4, 0.5) is 0 Å². The Morgan fingerprint density at radius 3 is 2.28 bits per heavy atom. The number of carbonyl (C=O) groups is 3. The summed E-state index contributed by atoms with van der Waals surface area (Å²) in [7, 11) is 0. The van der Waals surface area contributed by atoms with Crippen LogP contribution in [0.25, 0.3) is 0 Å². The van der Waals surface area contributed by atoms with Gasteiger partial charge in [-0.3, -0.25) is 14.4 Å². The number of hydrogen-bond acceptors (Lipinski definition) is 10. The molecule has 1 fully saturated rings. The van der Waals surface area contributed by atoms with Gasteiger partial charge in [-0.15, -0.1) is 5.10 Å². The van der Waals surface area contributed by atoms with E-state index >= 15 is 0 Å². The molecule has 1 saturated heterocycles. The summed E-state index contributed by atoms with van der Waals surface area (Å²) in [5, 5.41) is 8.11. The first kappa shape index (κ1) is 23.4. The van der Waals surface area contributed by atoms with Crippen LogP contribution in [0.2, 0.25) is 0 Å². The van der Waals surface area contributed by atoms with Crippen LogP contribution in [-0.4, -0.2) is 57.8 Å². The van der Waals surface area contributed by atoms with E-state index in [2.05, 4.69) is 10.3 Å². The summed E-state index contributed by atoms with van der Waals surface area (Å²) in [6.45, 7) is 4.14. The van der Waals surface area contributed by atoms with Crippen molar-refractivity contribution in [2.45, 2.75) is 58.5 Å². The van der Waals surface area contributed by atoms with Gasteiger partial charge in [0, 0.05) is 20.8 Å². The van der Waals surface area contributed by atoms with Crippen LogP contribution < -0.4 is 0 Å². The fraction of sp³-hybridized carbons (Fsp3) is 0.476. The van der Waals surface area contributed by atoms with Crippen molar-refractivity contribution in [2.75, 3.05) is 6.61 Å². The quantitative estimate of drug-likeness (QED) is 0.432. The summed E-state index contributed by atoms with van der Waals surface area (Å²) >= 11 is 0. The van der Waals surface area contributed by atoms with Crippen LogP contribution in [0, 0.1) is 0 Å². The minimum absolute atomic E-state index is 0.0976. The Kier molecular flexibility index (Phi) is 7.90. The molecule has 0 spiro atoms. The molecule has 11 nitrogen and oxygen atoms in total. The molecular formula is C21H25N3O8. The average molecular weight is 447 g/mol. The fourth-order valence-electron chi connectivity index (χ4n) is 3.30. The van der Waals surface area contributed by atoms with Gasteiger partial charge in [0.25, 0.3) is 0 Å². The molecule has 0 amide bonds. The number of carbonyl (C=O) groups excluding carboxylic acids is 3. The minimum Gasteiger partial charge on any atom is -0.456 e. The number of nitrogens with zero attached hydrogens (tertiary/aromatic N) is 3. The molecule has 1 aliphatic rings. The van der Waals surface area contributed by atoms with Crippen molar-refractivity contribution in [2.24, 2.45) is 0 Å². The van der Waals surface area contributed by atoms with E-state index in [1.54, 1.807) is 6.20 Å². The minimum atomic E-state index is -1.12. The predicted molar refractivity (Wildman–Crippen MR) is 107 cm³/mol. The molecule has 0 aliphatic carbocycles. The smallest absolute Gasteiger partial charge is 0.303 e. The summed E-state index contributed by atoms with van der Waals surface area (Å²) in [5.74, 6) is -1.84. The van der Waals surface area contributed by atoms with Crippen molar-refractivity contribution in [1.82, 2.24) is 15.0 Å². The van der Waals surface area contributed by atoms with Gasteiger partial charge in [-0.05, 0) is 5.56 Å². The van der Waals surface area contributed by atoms with Crippen LogP contribution in [0.3, 0.4) is 0 Å². The molecule has 2 heterocycles. The summed E-state index contributed by atoms with van der Waals surface area (Å²) in [6, 6.07) is 9.67. The van der Waals surface area contributed by atoms with E-state index in [0.29, 0.717) is 12.3 Å². The van der Waals surface area contributed by atoms with E-state index in [4.69, 9.17) is 23.7 Å². The van der Waals surface area contributed by atoms with Gasteiger partial charge in [0.2, 0.25) is 0 Å². The van der Waals surface area contributed by atoms with Gasteiger partial charge in [0.1, 0.15) is 5.69 Å². The van der Waals surface area contributed by atoms with Crippen LogP contribution in [0.1, 0.15) is 38.3 Å². The van der Waals surface area contributed by atoms with Crippen LogP contribution in [0.15, 0.2) is 36.5 Å². The first-order valence-electron chi connectivity index (χ1n) is 9.99. The lowest BCUT2D eigenvalue weighted by Gasteiger charge is -2.40. The van der Waals surface area contributed by atoms with Crippen molar-refractivity contribution in [3.05, 3.63) is 47.8 Å². The van der Waals surface area contributed by atoms with Gasteiger partial charge in [-0.2, -0.15) is 0 Å². The second-order valence-corrected chi connectivity index (χ2v) is 7.19. The maximum atomic E-state index is 11.7. The molecule has 4 atom stereocenters. The number of hydrogen-bond donors (Lipinski definition) is 0. The molecule has 172 valence electrons. The monoisotopic (exact) mass is 447 g/mol. The van der Waals surface area contributed by atoms with E-state index in [-0.39, 0.29) is 13.2 Å². The van der Waals surface area contributed by atoms with Crippen molar-refractivity contribution in [3.8, 4) is 0 Å². The zero-order valence-corrected chi connectivity index (χ0v) is 18.0. The summed E-state index contributed by atoms with van der Waals surface area (Å²) < 4.78 is 28.7. The second kappa shape index (κ2) is 10.8. The number of benzene rings is 1. The highest BCUT2D eigenvalue weighted by molar-refractivity contribution is 5.68. The molecule has 0 radical (unpaired) electrons. The SMILES string of the molecule is CC(=O)O[C@@H]1[C@@H](OC(C)=O)[C@@H](n2cc(COCc3ccccc3)nn2)OC[C@H]1OC(C)=O. The van der Waals surface area contributed by atoms with Crippen molar-refractivity contribution >= 4 is 17.9 Å². The second-order valence-electron chi connectivity index (χ2n) is 7.19. The first-order chi connectivity index (χ1) is 15.3. The Balaban J connectivity index is 1.73. The zero-order chi connectivity index (χ0) is 23.1. The Morgan fingerprint density at radius 2 is 1.62 bits per heavy atom. The van der Waals surface area contributed by atoms with Crippen LogP contribution in [-0.2, 0) is 51.3 Å². The van der Waals surface area contributed by atoms with Gasteiger partial charge in [0.15, 0.2) is 24.5 Å². The molecular weight excluding hydrogens is 422 g/mol. The van der Waals surface area contributed by atoms with Crippen molar-refractivity contribution in [1.29, 1.82) is 0 Å². The molecule has 0 bridgehead atoms. The van der Waals surface area contributed by atoms with Crippen molar-refractivity contribution in [3.63, 3.8) is 0 Å². The summed E-state index contributed by atoms with van der Waals surface area (Å²) in [5.41, 5.74) is 1.54. The maximum Gasteiger partial charge on any atom is 0.303 e. The van der Waals surface area contributed by atoms with Gasteiger partial charge < -0.3 is 23.7 Å². The lowest BCUT2D eigenvalue weighted by atomic mass is 10.0. The van der Waals surface area contributed by atoms with Crippen LogP contribution in [0.5, 0.6) is 0 Å². The number of rotatable bonds is 8. The molecule has 0 unspecified atom stereocenters. The van der Waals surface area contributed by atoms with Crippen LogP contribution >= 0.6 is 0 Å². The van der Waals surface area contributed by atoms with Gasteiger partial charge in [0.05, 0.1) is 26.0 Å². The third-order valence-corrected chi connectivity index (χ3v) is 4.50. The highest BCUT2D eigenvalue weighted by atomic mass is 16.6. The third-order valence-electron chi connectivity index (χ3n) is 4.50. The zero-order valence-electron chi connectivity index (χ0n) is 18.0. The molecule has 32 heavy (non-hydrogen) atoms. The van der Waals surface area contributed by atoms with E-state index in [9.17, 15) is 14.4 Å². The first-order valence-corrected chi connectivity index (χ1v) is 9.99. The topological polar surface area (TPSA) is 128 Å². The van der Waals surface area contributed by atoms with E-state index in [1.165, 1.54) is 25.5 Å². The molecule has 1 aliphatic heterocycles. The Bertz CT molecular complexity index is 932. The number of aromatic nitrogens is 3. The van der Waals surface area contributed by atoms with Crippen molar-refractivity contribution < 1.29 is 38.1 Å². The fourth-order valence-corrected chi connectivity index (χ4v) is 3.30. The molecule has 0 saturated carbocycles. The standard InChI is InChI=1S/C21H25N3O8/c1-13(25)30-18-12-29-21(20(32-15(3)27)19(18)31-14(2)26)24-9-17(22-23-24)11-28-10-16-7-5-4-6-8-16/h4-9,18-21H,10-12H2,1-3H3/t18-,19+,20-,21+/m1/s1. The molecule has 11 heteroatoms. The van der Waals surface area contributed by atoms with E-state index in [1.807, 2.05) is 30.3 Å². The lowest BCUT2D eigenvalue weighted by molar-refractivity contribution is -0.241. The Labute approximate surface area is 184 Å². The maximum absolute atomic E-state index is 11.7. The van der Waals surface area contributed by atoms with Gasteiger partial charge in [-0.25, -0.2) is 4.68 Å². The number of esters is 3. The van der Waals surface area contributed by atoms with E-state index in [0.717, 1.165) is 5.56 Å². The molecule has 3 rings (SSSR count). The summed E-state index contributed by atoms with van der Waals surface area (Å²) in [4.78, 5) is 34.9. The van der Waals surface area contributed by atoms with E-state index < -0.39 is 42.4 Å². The third kappa shape index (κ3) is 6.34. The normalized spacial score (nSPS) is 22.7. The highest BCUT2D eigenvalue weighted by Gasteiger charge is 2.48. The Morgan fingerprint density at radius 1 is 0.969 bits per heavy atom. The van der Waals surface area contributed by atoms with Gasteiger partial charge >= 0.3 is 17.9 Å². The molecule has 1 aromatic heterocycles. The number of ether oxygens (including phenoxy) is 5. The Hall–Kier alpha value is -3.31. The molecule has 2 aromatic rings. The van der Waals surface area contributed by atoms with Gasteiger partial charge in [-0.1, -0.05) is 35.5 Å². The highest BCUT2D eigenvalue weighted by Crippen LogP contribution is 2.30. The predicted octanol–water partition coefficient (Wildman–Crippen LogP) is 1.32.